The maximum atomic E-state index is 11.9. The van der Waals surface area contributed by atoms with Crippen LogP contribution in [0.25, 0.3) is 10.9 Å². The Balaban J connectivity index is 2.38. The number of aromatic amines is 1. The fraction of sp³-hybridized carbons (Fsp3) is 0.308. The second-order valence-corrected chi connectivity index (χ2v) is 5.05. The number of aromatic nitrogens is 2. The number of para-hydroxylation sites is 1. The molecule has 112 valence electrons. The highest BCUT2D eigenvalue weighted by Gasteiger charge is 2.29. The van der Waals surface area contributed by atoms with Crippen LogP contribution in [0, 0.1) is 0 Å². The number of fused-ring (bicyclic) bond motifs is 1. The first-order chi connectivity index (χ1) is 10.0. The van der Waals surface area contributed by atoms with E-state index < -0.39 is 25.4 Å². The van der Waals surface area contributed by atoms with Crippen molar-refractivity contribution in [1.29, 1.82) is 0 Å². The van der Waals surface area contributed by atoms with E-state index >= 15 is 0 Å². The van der Waals surface area contributed by atoms with Gasteiger partial charge in [-0.15, -0.1) is 0 Å². The van der Waals surface area contributed by atoms with E-state index in [9.17, 15) is 20.1 Å². The smallest absolute Gasteiger partial charge is 0.259 e. The molecule has 0 unspecified atom stereocenters. The van der Waals surface area contributed by atoms with Crippen molar-refractivity contribution in [3.63, 3.8) is 0 Å². The topological polar surface area (TPSA) is 118 Å². The van der Waals surface area contributed by atoms with Crippen molar-refractivity contribution in [3.8, 4) is 0 Å². The van der Waals surface area contributed by atoms with Gasteiger partial charge in [-0.05, 0) is 12.1 Å². The number of nitrogens with zero attached hydrogens (tertiary/aromatic N) is 1. The molecule has 0 atom stereocenters. The standard InChI is InChI=1S/C13H15N3O4S/c17-5-13(6-18,7-19)16-12(21)10-14-9-4-2-1-3-8(9)11(20)15-10/h1-4,17-19H,5-7H2,(H,16,21)(H,14,15,20). The Hall–Kier alpha value is -1.87. The molecule has 0 amide bonds. The lowest BCUT2D eigenvalue weighted by Crippen LogP contribution is -2.57. The number of thiocarbonyl (C=S) groups is 1. The van der Waals surface area contributed by atoms with E-state index in [4.69, 9.17) is 12.2 Å². The Labute approximate surface area is 125 Å². The Morgan fingerprint density at radius 2 is 1.86 bits per heavy atom. The summed E-state index contributed by atoms with van der Waals surface area (Å²) in [4.78, 5) is 18.7. The van der Waals surface area contributed by atoms with E-state index in [1.807, 2.05) is 0 Å². The van der Waals surface area contributed by atoms with Crippen LogP contribution in [0.5, 0.6) is 0 Å². The molecule has 5 N–H and O–H groups in total. The van der Waals surface area contributed by atoms with Crippen LogP contribution in [0.1, 0.15) is 5.82 Å². The lowest BCUT2D eigenvalue weighted by Gasteiger charge is -2.29. The van der Waals surface area contributed by atoms with Gasteiger partial charge in [0.2, 0.25) is 0 Å². The molecule has 0 radical (unpaired) electrons. The summed E-state index contributed by atoms with van der Waals surface area (Å²) in [5.74, 6) is 0.105. The summed E-state index contributed by atoms with van der Waals surface area (Å²) >= 11 is 5.11. The minimum Gasteiger partial charge on any atom is -0.394 e. The average Bonchev–Trinajstić information content (AvgIpc) is 2.52. The minimum absolute atomic E-state index is 0.0232. The molecule has 1 heterocycles. The summed E-state index contributed by atoms with van der Waals surface area (Å²) in [6.07, 6.45) is 0. The third-order valence-electron chi connectivity index (χ3n) is 3.11. The molecule has 8 heteroatoms. The van der Waals surface area contributed by atoms with Gasteiger partial charge in [0.25, 0.3) is 5.56 Å². The zero-order chi connectivity index (χ0) is 15.5. The SMILES string of the molecule is O=c1[nH]c(C(=S)NC(CO)(CO)CO)nc2ccccc12. The summed E-state index contributed by atoms with van der Waals surface area (Å²) in [6, 6.07) is 6.78. The van der Waals surface area contributed by atoms with Crippen LogP contribution in [0.15, 0.2) is 29.1 Å². The Bertz CT molecular complexity index is 704. The number of rotatable bonds is 5. The fourth-order valence-corrected chi connectivity index (χ4v) is 2.08. The van der Waals surface area contributed by atoms with E-state index in [1.165, 1.54) is 0 Å². The number of hydrogen-bond donors (Lipinski definition) is 5. The van der Waals surface area contributed by atoms with Gasteiger partial charge in [0.1, 0.15) is 10.5 Å². The molecule has 21 heavy (non-hydrogen) atoms. The van der Waals surface area contributed by atoms with Crippen LogP contribution >= 0.6 is 12.2 Å². The number of benzene rings is 1. The molecule has 2 aromatic rings. The molecule has 0 aliphatic heterocycles. The molecule has 0 bridgehead atoms. The van der Waals surface area contributed by atoms with Gasteiger partial charge in [-0.25, -0.2) is 4.98 Å². The number of nitrogens with one attached hydrogen (secondary N) is 2. The lowest BCUT2D eigenvalue weighted by atomic mass is 10.0. The van der Waals surface area contributed by atoms with E-state index in [0.717, 1.165) is 0 Å². The maximum absolute atomic E-state index is 11.9. The van der Waals surface area contributed by atoms with Crippen molar-refractivity contribution in [2.24, 2.45) is 0 Å². The summed E-state index contributed by atoms with van der Waals surface area (Å²) in [7, 11) is 0. The van der Waals surface area contributed by atoms with Crippen molar-refractivity contribution in [1.82, 2.24) is 15.3 Å². The summed E-state index contributed by atoms with van der Waals surface area (Å²) in [6.45, 7) is -1.59. The quantitative estimate of drug-likeness (QED) is 0.445. The van der Waals surface area contributed by atoms with Crippen molar-refractivity contribution >= 4 is 28.1 Å². The van der Waals surface area contributed by atoms with E-state index in [0.29, 0.717) is 10.9 Å². The number of H-pyrrole nitrogens is 1. The van der Waals surface area contributed by atoms with Gasteiger partial charge in [0.15, 0.2) is 5.82 Å². The first-order valence-electron chi connectivity index (χ1n) is 6.19. The van der Waals surface area contributed by atoms with Gasteiger partial charge >= 0.3 is 0 Å². The zero-order valence-electron chi connectivity index (χ0n) is 11.0. The molecule has 0 saturated heterocycles. The van der Waals surface area contributed by atoms with Gasteiger partial charge in [-0.1, -0.05) is 24.4 Å². The third kappa shape index (κ3) is 3.08. The fourth-order valence-electron chi connectivity index (χ4n) is 1.76. The predicted octanol–water partition coefficient (Wildman–Crippen LogP) is -1.10. The summed E-state index contributed by atoms with van der Waals surface area (Å²) in [5, 5.41) is 30.9. The van der Waals surface area contributed by atoms with Crippen LogP contribution in [0.3, 0.4) is 0 Å². The molecular formula is C13H15N3O4S. The zero-order valence-corrected chi connectivity index (χ0v) is 11.9. The van der Waals surface area contributed by atoms with E-state index in [-0.39, 0.29) is 16.4 Å². The van der Waals surface area contributed by atoms with E-state index in [2.05, 4.69) is 15.3 Å². The highest BCUT2D eigenvalue weighted by molar-refractivity contribution is 7.80. The Kier molecular flexibility index (Phi) is 4.63. The first-order valence-corrected chi connectivity index (χ1v) is 6.60. The molecule has 2 rings (SSSR count). The van der Waals surface area contributed by atoms with Crippen LogP contribution in [0.4, 0.5) is 0 Å². The van der Waals surface area contributed by atoms with Gasteiger partial charge < -0.3 is 25.6 Å². The van der Waals surface area contributed by atoms with Crippen molar-refractivity contribution in [3.05, 3.63) is 40.4 Å². The van der Waals surface area contributed by atoms with Gasteiger partial charge in [0.05, 0.1) is 30.7 Å². The highest BCUT2D eigenvalue weighted by atomic mass is 32.1. The average molecular weight is 309 g/mol. The van der Waals surface area contributed by atoms with Crippen LogP contribution < -0.4 is 10.9 Å². The number of aliphatic hydroxyl groups excluding tert-OH is 3. The molecule has 1 aromatic heterocycles. The third-order valence-corrected chi connectivity index (χ3v) is 3.41. The molecule has 0 fully saturated rings. The number of hydrogen-bond acceptors (Lipinski definition) is 6. The second kappa shape index (κ2) is 6.27. The van der Waals surface area contributed by atoms with Gasteiger partial charge in [-0.2, -0.15) is 0 Å². The van der Waals surface area contributed by atoms with Crippen molar-refractivity contribution in [2.45, 2.75) is 5.54 Å². The minimum atomic E-state index is -1.37. The van der Waals surface area contributed by atoms with Crippen molar-refractivity contribution < 1.29 is 15.3 Å². The monoisotopic (exact) mass is 309 g/mol. The maximum Gasteiger partial charge on any atom is 0.259 e. The largest absolute Gasteiger partial charge is 0.394 e. The first kappa shape index (κ1) is 15.5. The molecule has 0 spiro atoms. The van der Waals surface area contributed by atoms with Gasteiger partial charge in [0, 0.05) is 0 Å². The van der Waals surface area contributed by atoms with Crippen LogP contribution in [-0.2, 0) is 0 Å². The van der Waals surface area contributed by atoms with E-state index in [1.54, 1.807) is 24.3 Å². The van der Waals surface area contributed by atoms with Gasteiger partial charge in [-0.3, -0.25) is 4.79 Å². The molecule has 0 saturated carbocycles. The molecule has 1 aromatic carbocycles. The number of aliphatic hydroxyl groups is 3. The van der Waals surface area contributed by atoms with Crippen LogP contribution in [-0.4, -0.2) is 55.6 Å². The normalized spacial score (nSPS) is 11.6. The van der Waals surface area contributed by atoms with Crippen molar-refractivity contribution in [2.75, 3.05) is 19.8 Å². The van der Waals surface area contributed by atoms with Crippen LogP contribution in [0.2, 0.25) is 0 Å². The Morgan fingerprint density at radius 1 is 1.24 bits per heavy atom. The molecular weight excluding hydrogens is 294 g/mol. The predicted molar refractivity (Wildman–Crippen MR) is 81.2 cm³/mol. The summed E-state index contributed by atoms with van der Waals surface area (Å²) < 4.78 is 0. The summed E-state index contributed by atoms with van der Waals surface area (Å²) in [5.41, 5.74) is -1.24. The highest BCUT2D eigenvalue weighted by Crippen LogP contribution is 2.08. The lowest BCUT2D eigenvalue weighted by molar-refractivity contribution is 0.0563. The molecule has 0 aliphatic carbocycles. The Morgan fingerprint density at radius 3 is 2.48 bits per heavy atom. The second-order valence-electron chi connectivity index (χ2n) is 4.64. The molecule has 0 aliphatic rings. The molecule has 7 nitrogen and oxygen atoms in total.